The predicted octanol–water partition coefficient (Wildman–Crippen LogP) is 5.61. The Balaban J connectivity index is 1.17. The van der Waals surface area contributed by atoms with E-state index >= 15 is 0 Å². The number of aryl methyl sites for hydroxylation is 1. The van der Waals surface area contributed by atoms with Crippen LogP contribution in [-0.4, -0.2) is 38.2 Å². The molecule has 6 heteroatoms. The summed E-state index contributed by atoms with van der Waals surface area (Å²) in [5, 5.41) is 5.57. The summed E-state index contributed by atoms with van der Waals surface area (Å²) in [5.41, 5.74) is 5.91. The van der Waals surface area contributed by atoms with E-state index in [0.29, 0.717) is 13.1 Å². The highest BCUT2D eigenvalue weighted by molar-refractivity contribution is 6.07. The minimum absolute atomic E-state index is 0.0838. The van der Waals surface area contributed by atoms with Crippen LogP contribution in [-0.2, 0) is 19.2 Å². The SMILES string of the molecule is Cn1ncc2c1-c1ccccc1OC21CCN(C(=O)c2cn(Cc3ccccc3)c3ccccc23)CC1. The van der Waals surface area contributed by atoms with Gasteiger partial charge in [0.25, 0.3) is 5.91 Å². The number of carbonyl (C=O) groups is 1. The highest BCUT2D eigenvalue weighted by atomic mass is 16.5. The van der Waals surface area contributed by atoms with Crippen molar-refractivity contribution < 1.29 is 9.53 Å². The normalized spacial score (nSPS) is 15.9. The third-order valence-electron chi connectivity index (χ3n) is 7.95. The maximum absolute atomic E-state index is 13.9. The van der Waals surface area contributed by atoms with Crippen molar-refractivity contribution in [3.8, 4) is 17.0 Å². The molecule has 0 bridgehead atoms. The van der Waals surface area contributed by atoms with Crippen molar-refractivity contribution in [2.75, 3.05) is 13.1 Å². The van der Waals surface area contributed by atoms with Gasteiger partial charge in [0, 0.05) is 67.8 Å². The molecule has 2 aliphatic heterocycles. The molecule has 3 aromatic carbocycles. The number of fused-ring (bicyclic) bond motifs is 5. The molecule has 2 aromatic heterocycles. The number of aromatic nitrogens is 3. The van der Waals surface area contributed by atoms with Gasteiger partial charge < -0.3 is 14.2 Å². The number of benzene rings is 3. The summed E-state index contributed by atoms with van der Waals surface area (Å²) in [6.45, 7) is 2.00. The third kappa shape index (κ3) is 3.47. The van der Waals surface area contributed by atoms with Gasteiger partial charge >= 0.3 is 0 Å². The summed E-state index contributed by atoms with van der Waals surface area (Å²) in [6.07, 6.45) is 5.43. The first-order valence-electron chi connectivity index (χ1n) is 12.8. The van der Waals surface area contributed by atoms with Gasteiger partial charge in [-0.15, -0.1) is 0 Å². The lowest BCUT2D eigenvalue weighted by Crippen LogP contribution is -2.49. The average Bonchev–Trinajstić information content (AvgIpc) is 3.51. The summed E-state index contributed by atoms with van der Waals surface area (Å²) < 4.78 is 10.8. The van der Waals surface area contributed by atoms with Crippen LogP contribution in [0.5, 0.6) is 5.75 Å². The highest BCUT2D eigenvalue weighted by Crippen LogP contribution is 2.49. The van der Waals surface area contributed by atoms with Crippen molar-refractivity contribution in [1.82, 2.24) is 19.2 Å². The van der Waals surface area contributed by atoms with Crippen molar-refractivity contribution in [1.29, 1.82) is 0 Å². The van der Waals surface area contributed by atoms with Crippen LogP contribution < -0.4 is 4.74 Å². The summed E-state index contributed by atoms with van der Waals surface area (Å²) in [4.78, 5) is 15.8. The van der Waals surface area contributed by atoms with E-state index in [9.17, 15) is 4.79 Å². The Hall–Kier alpha value is -4.32. The molecule has 4 heterocycles. The second kappa shape index (κ2) is 8.37. The summed E-state index contributed by atoms with van der Waals surface area (Å²) >= 11 is 0. The Morgan fingerprint density at radius 1 is 0.946 bits per heavy atom. The molecule has 7 rings (SSSR count). The van der Waals surface area contributed by atoms with Crippen molar-refractivity contribution in [2.24, 2.45) is 7.05 Å². The topological polar surface area (TPSA) is 52.3 Å². The molecule has 0 aliphatic carbocycles. The third-order valence-corrected chi connectivity index (χ3v) is 7.95. The molecule has 0 N–H and O–H groups in total. The predicted molar refractivity (Wildman–Crippen MR) is 144 cm³/mol. The molecule has 0 radical (unpaired) electrons. The van der Waals surface area contributed by atoms with E-state index in [0.717, 1.165) is 58.4 Å². The van der Waals surface area contributed by atoms with Crippen LogP contribution in [0, 0.1) is 0 Å². The first-order chi connectivity index (χ1) is 18.1. The van der Waals surface area contributed by atoms with Gasteiger partial charge in [-0.1, -0.05) is 60.7 Å². The number of ether oxygens (including phenoxy) is 1. The molecular weight excluding hydrogens is 460 g/mol. The lowest BCUT2D eigenvalue weighted by atomic mass is 9.81. The van der Waals surface area contributed by atoms with E-state index in [1.54, 1.807) is 0 Å². The van der Waals surface area contributed by atoms with Crippen molar-refractivity contribution in [2.45, 2.75) is 25.0 Å². The second-order valence-electron chi connectivity index (χ2n) is 10.1. The van der Waals surface area contributed by atoms with Crippen molar-refractivity contribution >= 4 is 16.8 Å². The molecule has 1 spiro atoms. The molecule has 1 fully saturated rings. The minimum Gasteiger partial charge on any atom is -0.482 e. The van der Waals surface area contributed by atoms with E-state index in [1.165, 1.54) is 5.56 Å². The number of amides is 1. The van der Waals surface area contributed by atoms with E-state index in [4.69, 9.17) is 4.74 Å². The van der Waals surface area contributed by atoms with Crippen LogP contribution in [0.1, 0.15) is 34.3 Å². The van der Waals surface area contributed by atoms with Crippen LogP contribution in [0.25, 0.3) is 22.2 Å². The zero-order valence-corrected chi connectivity index (χ0v) is 20.8. The number of hydrogen-bond acceptors (Lipinski definition) is 3. The molecule has 0 atom stereocenters. The molecule has 37 heavy (non-hydrogen) atoms. The number of likely N-dealkylation sites (tertiary alicyclic amines) is 1. The summed E-state index contributed by atoms with van der Waals surface area (Å²) in [5.74, 6) is 0.975. The molecule has 0 unspecified atom stereocenters. The maximum atomic E-state index is 13.9. The quantitative estimate of drug-likeness (QED) is 0.332. The zero-order valence-electron chi connectivity index (χ0n) is 20.8. The Bertz CT molecular complexity index is 1620. The van der Waals surface area contributed by atoms with E-state index in [2.05, 4.69) is 52.1 Å². The Labute approximate surface area is 215 Å². The Morgan fingerprint density at radius 2 is 1.68 bits per heavy atom. The van der Waals surface area contributed by atoms with Gasteiger partial charge in [-0.25, -0.2) is 0 Å². The van der Waals surface area contributed by atoms with Gasteiger partial charge in [-0.05, 0) is 23.8 Å². The van der Waals surface area contributed by atoms with Gasteiger partial charge in [-0.2, -0.15) is 5.10 Å². The molecule has 1 saturated heterocycles. The smallest absolute Gasteiger partial charge is 0.256 e. The lowest BCUT2D eigenvalue weighted by Gasteiger charge is -2.44. The molecule has 0 saturated carbocycles. The minimum atomic E-state index is -0.462. The molecule has 184 valence electrons. The van der Waals surface area contributed by atoms with Crippen LogP contribution in [0.4, 0.5) is 0 Å². The zero-order chi connectivity index (χ0) is 25.0. The molecule has 6 nitrogen and oxygen atoms in total. The van der Waals surface area contributed by atoms with Gasteiger partial charge in [0.1, 0.15) is 11.4 Å². The maximum Gasteiger partial charge on any atom is 0.256 e. The summed E-state index contributed by atoms with van der Waals surface area (Å²) in [7, 11) is 1.98. The number of nitrogens with zero attached hydrogens (tertiary/aromatic N) is 4. The second-order valence-corrected chi connectivity index (χ2v) is 10.1. The number of hydrogen-bond donors (Lipinski definition) is 0. The van der Waals surface area contributed by atoms with Crippen LogP contribution in [0.3, 0.4) is 0 Å². The van der Waals surface area contributed by atoms with Crippen molar-refractivity contribution in [3.63, 3.8) is 0 Å². The van der Waals surface area contributed by atoms with Gasteiger partial charge in [-0.3, -0.25) is 9.48 Å². The fourth-order valence-electron chi connectivity index (χ4n) is 6.05. The lowest BCUT2D eigenvalue weighted by molar-refractivity contribution is -0.00167. The molecule has 1 amide bonds. The Morgan fingerprint density at radius 3 is 2.51 bits per heavy atom. The van der Waals surface area contributed by atoms with E-state index in [-0.39, 0.29) is 5.91 Å². The van der Waals surface area contributed by atoms with Crippen LogP contribution in [0.2, 0.25) is 0 Å². The number of para-hydroxylation sites is 2. The first kappa shape index (κ1) is 21.9. The Kier molecular flexibility index (Phi) is 4.96. The van der Waals surface area contributed by atoms with Gasteiger partial charge in [0.05, 0.1) is 17.5 Å². The van der Waals surface area contributed by atoms with E-state index in [1.807, 2.05) is 65.4 Å². The average molecular weight is 489 g/mol. The fourth-order valence-corrected chi connectivity index (χ4v) is 6.05. The summed E-state index contributed by atoms with van der Waals surface area (Å²) in [6, 6.07) is 26.7. The molecule has 5 aromatic rings. The van der Waals surface area contributed by atoms with Crippen molar-refractivity contribution in [3.05, 3.63) is 108 Å². The number of piperidine rings is 1. The molecule has 2 aliphatic rings. The largest absolute Gasteiger partial charge is 0.482 e. The van der Waals surface area contributed by atoms with Crippen LogP contribution in [0.15, 0.2) is 91.3 Å². The highest BCUT2D eigenvalue weighted by Gasteiger charge is 2.46. The standard InChI is InChI=1S/C31H28N4O2/c1-33-29-24-12-6-8-14-28(24)37-31(26(29)19-32-33)15-17-34(18-16-31)30(36)25-21-35(20-22-9-3-2-4-10-22)27-13-7-5-11-23(25)27/h2-14,19,21H,15-18,20H2,1H3. The van der Waals surface area contributed by atoms with Gasteiger partial charge in [0.15, 0.2) is 0 Å². The first-order valence-corrected chi connectivity index (χ1v) is 12.8. The van der Waals surface area contributed by atoms with E-state index < -0.39 is 5.60 Å². The van der Waals surface area contributed by atoms with Gasteiger partial charge in [0.2, 0.25) is 0 Å². The number of carbonyl (C=O) groups excluding carboxylic acids is 1. The van der Waals surface area contributed by atoms with Crippen LogP contribution >= 0.6 is 0 Å². The number of rotatable bonds is 3. The molecular formula is C31H28N4O2. The fraction of sp³-hybridized carbons (Fsp3) is 0.226. The monoisotopic (exact) mass is 488 g/mol.